The molecular weight excluding hydrogens is 407 g/mol. The van der Waals surface area contributed by atoms with Gasteiger partial charge in [0, 0.05) is 31.8 Å². The summed E-state index contributed by atoms with van der Waals surface area (Å²) in [5, 5.41) is 8.05. The van der Waals surface area contributed by atoms with Gasteiger partial charge in [-0.25, -0.2) is 9.40 Å². The first-order chi connectivity index (χ1) is 14.3. The maximum atomic E-state index is 13.1. The number of carbonyl (C=O) groups excluding carboxylic acids is 3. The summed E-state index contributed by atoms with van der Waals surface area (Å²) in [7, 11) is 3.31. The van der Waals surface area contributed by atoms with Gasteiger partial charge >= 0.3 is 0 Å². The number of halogens is 1. The van der Waals surface area contributed by atoms with Crippen LogP contribution in [0.15, 0.2) is 58.5 Å². The van der Waals surface area contributed by atoms with E-state index in [1.165, 1.54) is 22.0 Å². The van der Waals surface area contributed by atoms with Crippen LogP contribution in [0.4, 0.5) is 14.9 Å². The summed E-state index contributed by atoms with van der Waals surface area (Å²) in [6.45, 7) is 0.152. The van der Waals surface area contributed by atoms with Crippen LogP contribution in [0, 0.1) is 5.82 Å². The van der Waals surface area contributed by atoms with Gasteiger partial charge in [0.05, 0.1) is 12.2 Å². The Morgan fingerprint density at radius 1 is 1.13 bits per heavy atom. The van der Waals surface area contributed by atoms with Crippen molar-refractivity contribution < 1.29 is 18.8 Å². The van der Waals surface area contributed by atoms with Crippen molar-refractivity contribution in [2.24, 2.45) is 5.10 Å². The topological polar surface area (TPSA) is 82.1 Å². The Labute approximate surface area is 177 Å². The van der Waals surface area contributed by atoms with E-state index in [0.29, 0.717) is 16.1 Å². The monoisotopic (exact) mass is 428 g/mol. The van der Waals surface area contributed by atoms with Gasteiger partial charge < -0.3 is 10.2 Å². The summed E-state index contributed by atoms with van der Waals surface area (Å²) >= 11 is 1.01. The predicted octanol–water partition coefficient (Wildman–Crippen LogP) is 3.72. The Morgan fingerprint density at radius 3 is 2.53 bits per heavy atom. The van der Waals surface area contributed by atoms with E-state index in [1.54, 1.807) is 50.5 Å². The van der Waals surface area contributed by atoms with Crippen LogP contribution in [-0.4, -0.2) is 46.8 Å². The fourth-order valence-corrected chi connectivity index (χ4v) is 3.44. The quantitative estimate of drug-likeness (QED) is 0.736. The minimum Gasteiger partial charge on any atom is -0.339 e. The molecule has 1 aliphatic heterocycles. The van der Waals surface area contributed by atoms with Crippen LogP contribution >= 0.6 is 11.8 Å². The van der Waals surface area contributed by atoms with Gasteiger partial charge in [-0.1, -0.05) is 24.3 Å². The van der Waals surface area contributed by atoms with Gasteiger partial charge in [-0.15, -0.1) is 0 Å². The zero-order valence-corrected chi connectivity index (χ0v) is 17.4. The van der Waals surface area contributed by atoms with Gasteiger partial charge in [-0.05, 0) is 41.6 Å². The van der Waals surface area contributed by atoms with E-state index in [2.05, 4.69) is 10.4 Å². The van der Waals surface area contributed by atoms with E-state index >= 15 is 0 Å². The molecule has 0 bridgehead atoms. The lowest BCUT2D eigenvalue weighted by molar-refractivity contribution is -0.132. The second-order valence-electron chi connectivity index (χ2n) is 6.84. The van der Waals surface area contributed by atoms with Gasteiger partial charge in [-0.2, -0.15) is 5.10 Å². The second kappa shape index (κ2) is 9.53. The lowest BCUT2D eigenvalue weighted by atomic mass is 10.1. The average Bonchev–Trinajstić information content (AvgIpc) is 2.72. The zero-order valence-electron chi connectivity index (χ0n) is 16.6. The van der Waals surface area contributed by atoms with Gasteiger partial charge in [0.15, 0.2) is 0 Å². The highest BCUT2D eigenvalue weighted by atomic mass is 32.2. The van der Waals surface area contributed by atoms with Crippen LogP contribution in [0.25, 0.3) is 0 Å². The van der Waals surface area contributed by atoms with Crippen molar-refractivity contribution in [1.29, 1.82) is 0 Å². The molecule has 0 fully saturated rings. The third kappa shape index (κ3) is 5.44. The Hall–Kier alpha value is -3.20. The molecule has 3 rings (SSSR count). The standard InChI is InChI=1S/C21H21FN4O3S/c1-25(2)21(29)30-18-6-4-3-5-16(18)23-20(28)17-11-12-19(27)26(24-17)13-14-7-9-15(22)10-8-14/h3-10H,11-13H2,1-2H3,(H,23,28). The average molecular weight is 428 g/mol. The van der Waals surface area contributed by atoms with Crippen LogP contribution in [0.3, 0.4) is 0 Å². The maximum Gasteiger partial charge on any atom is 0.286 e. The number of nitrogens with one attached hydrogen (secondary N) is 1. The van der Waals surface area contributed by atoms with E-state index in [1.807, 2.05) is 0 Å². The van der Waals surface area contributed by atoms with Crippen molar-refractivity contribution in [3.63, 3.8) is 0 Å². The van der Waals surface area contributed by atoms with E-state index < -0.39 is 5.91 Å². The SMILES string of the molecule is CN(C)C(=O)Sc1ccccc1NC(=O)C1=NN(Cc2ccc(F)cc2)C(=O)CC1. The van der Waals surface area contributed by atoms with Gasteiger partial charge in [-0.3, -0.25) is 14.4 Å². The summed E-state index contributed by atoms with van der Waals surface area (Å²) in [4.78, 5) is 39.0. The molecule has 0 aromatic heterocycles. The largest absolute Gasteiger partial charge is 0.339 e. The highest BCUT2D eigenvalue weighted by Gasteiger charge is 2.25. The summed E-state index contributed by atoms with van der Waals surface area (Å²) in [5.74, 6) is -1.00. The lowest BCUT2D eigenvalue weighted by Gasteiger charge is -2.23. The molecule has 0 saturated carbocycles. The molecule has 1 aliphatic rings. The third-order valence-electron chi connectivity index (χ3n) is 4.31. The molecule has 0 atom stereocenters. The normalized spacial score (nSPS) is 13.6. The van der Waals surface area contributed by atoms with Crippen molar-refractivity contribution in [3.05, 3.63) is 59.9 Å². The molecule has 0 spiro atoms. The molecule has 30 heavy (non-hydrogen) atoms. The van der Waals surface area contributed by atoms with E-state index in [-0.39, 0.29) is 42.1 Å². The van der Waals surface area contributed by atoms with Gasteiger partial charge in [0.25, 0.3) is 11.1 Å². The minimum atomic E-state index is -0.433. The number of hydrogen-bond acceptors (Lipinski definition) is 5. The van der Waals surface area contributed by atoms with Gasteiger partial charge in [0.2, 0.25) is 5.91 Å². The first-order valence-electron chi connectivity index (χ1n) is 9.25. The minimum absolute atomic E-state index is 0.152. The van der Waals surface area contributed by atoms with Crippen molar-refractivity contribution in [1.82, 2.24) is 9.91 Å². The Kier molecular flexibility index (Phi) is 6.83. The Morgan fingerprint density at radius 2 is 1.83 bits per heavy atom. The van der Waals surface area contributed by atoms with Crippen LogP contribution in [0.5, 0.6) is 0 Å². The number of hydrazone groups is 1. The number of benzene rings is 2. The molecule has 0 saturated heterocycles. The van der Waals surface area contributed by atoms with E-state index in [9.17, 15) is 18.8 Å². The molecule has 9 heteroatoms. The maximum absolute atomic E-state index is 13.1. The summed E-state index contributed by atoms with van der Waals surface area (Å²) in [5.41, 5.74) is 1.42. The van der Waals surface area contributed by atoms with E-state index in [0.717, 1.165) is 11.8 Å². The first-order valence-corrected chi connectivity index (χ1v) is 10.1. The van der Waals surface area contributed by atoms with E-state index in [4.69, 9.17) is 0 Å². The molecule has 7 nitrogen and oxygen atoms in total. The molecule has 0 unspecified atom stereocenters. The molecule has 1 heterocycles. The highest BCUT2D eigenvalue weighted by molar-refractivity contribution is 8.13. The van der Waals surface area contributed by atoms with Crippen molar-refractivity contribution in [2.45, 2.75) is 24.3 Å². The van der Waals surface area contributed by atoms with Crippen molar-refractivity contribution in [2.75, 3.05) is 19.4 Å². The van der Waals surface area contributed by atoms with Crippen LogP contribution in [0.1, 0.15) is 18.4 Å². The lowest BCUT2D eigenvalue weighted by Crippen LogP contribution is -2.36. The molecule has 2 aromatic carbocycles. The number of nitrogens with zero attached hydrogens (tertiary/aromatic N) is 3. The Bertz CT molecular complexity index is 992. The molecule has 1 N–H and O–H groups in total. The number of amides is 3. The summed E-state index contributed by atoms with van der Waals surface area (Å²) in [6.07, 6.45) is 0.374. The number of hydrogen-bond donors (Lipinski definition) is 1. The van der Waals surface area contributed by atoms with Gasteiger partial charge in [0.1, 0.15) is 11.5 Å². The van der Waals surface area contributed by atoms with Crippen LogP contribution in [-0.2, 0) is 16.1 Å². The van der Waals surface area contributed by atoms with Crippen molar-refractivity contribution >= 4 is 40.2 Å². The third-order valence-corrected chi connectivity index (χ3v) is 5.43. The molecule has 0 aliphatic carbocycles. The molecule has 3 amide bonds. The smallest absolute Gasteiger partial charge is 0.286 e. The predicted molar refractivity (Wildman–Crippen MR) is 114 cm³/mol. The number of thioether (sulfide) groups is 1. The molecule has 0 radical (unpaired) electrons. The molecule has 2 aromatic rings. The number of carbonyl (C=O) groups is 3. The highest BCUT2D eigenvalue weighted by Crippen LogP contribution is 2.29. The first kappa shape index (κ1) is 21.5. The summed E-state index contributed by atoms with van der Waals surface area (Å²) < 4.78 is 13.1. The number of anilines is 1. The fraction of sp³-hybridized carbons (Fsp3) is 0.238. The van der Waals surface area contributed by atoms with Crippen molar-refractivity contribution in [3.8, 4) is 0 Å². The number of para-hydroxylation sites is 1. The molecule has 156 valence electrons. The fourth-order valence-electron chi connectivity index (χ4n) is 2.69. The molecular formula is C21H21FN4O3S. The second-order valence-corrected chi connectivity index (χ2v) is 7.83. The van der Waals surface area contributed by atoms with Crippen LogP contribution in [0.2, 0.25) is 0 Å². The number of rotatable bonds is 5. The zero-order chi connectivity index (χ0) is 21.7. The summed E-state index contributed by atoms with van der Waals surface area (Å²) in [6, 6.07) is 12.7. The van der Waals surface area contributed by atoms with Crippen LogP contribution < -0.4 is 5.32 Å². The Balaban J connectivity index is 1.74.